The van der Waals surface area contributed by atoms with Gasteiger partial charge in [-0.3, -0.25) is 0 Å². The predicted octanol–water partition coefficient (Wildman–Crippen LogP) is 4.64. The minimum absolute atomic E-state index is 0.285. The number of halogens is 2. The lowest BCUT2D eigenvalue weighted by molar-refractivity contribution is 0.0702. The number of hydrogen-bond acceptors (Lipinski definition) is 3. The average molecular weight is 347 g/mol. The molecule has 18 heavy (non-hydrogen) atoms. The first-order valence-corrected chi connectivity index (χ1v) is 7.60. The van der Waals surface area contributed by atoms with Gasteiger partial charge in [-0.2, -0.15) is 0 Å². The van der Waals surface area contributed by atoms with Gasteiger partial charge >= 0.3 is 5.97 Å². The highest BCUT2D eigenvalue weighted by atomic mass is 79.9. The highest BCUT2D eigenvalue weighted by molar-refractivity contribution is 9.10. The summed E-state index contributed by atoms with van der Waals surface area (Å²) in [5, 5.41) is 10.6. The first-order valence-electron chi connectivity index (χ1n) is 4.95. The van der Waals surface area contributed by atoms with Crippen molar-refractivity contribution in [3.05, 3.63) is 50.4 Å². The number of hydrogen-bond donors (Lipinski definition) is 1. The second kappa shape index (κ2) is 5.86. The van der Waals surface area contributed by atoms with Crippen molar-refractivity contribution in [1.82, 2.24) is 0 Å². The fraction of sp³-hybridized carbons (Fsp3) is 0.0833. The van der Waals surface area contributed by atoms with Crippen molar-refractivity contribution >= 4 is 45.0 Å². The molecule has 0 aliphatic rings. The fourth-order valence-corrected chi connectivity index (χ4v) is 3.54. The molecule has 1 aromatic carbocycles. The van der Waals surface area contributed by atoms with Crippen molar-refractivity contribution in [1.29, 1.82) is 0 Å². The van der Waals surface area contributed by atoms with E-state index in [1.165, 1.54) is 29.2 Å². The van der Waals surface area contributed by atoms with E-state index in [-0.39, 0.29) is 5.82 Å². The van der Waals surface area contributed by atoms with E-state index in [4.69, 9.17) is 5.11 Å². The van der Waals surface area contributed by atoms with Crippen LogP contribution < -0.4 is 0 Å². The molecule has 1 N–H and O–H groups in total. The van der Waals surface area contributed by atoms with Crippen molar-refractivity contribution in [3.8, 4) is 0 Å². The first kappa shape index (κ1) is 13.6. The molecule has 0 saturated carbocycles. The van der Waals surface area contributed by atoms with Crippen LogP contribution in [0.5, 0.6) is 0 Å². The second-order valence-corrected chi connectivity index (χ2v) is 6.30. The molecule has 0 spiro atoms. The number of benzene rings is 1. The molecule has 1 aromatic heterocycles. The van der Waals surface area contributed by atoms with Gasteiger partial charge in [0.25, 0.3) is 0 Å². The van der Waals surface area contributed by atoms with E-state index >= 15 is 0 Å². The third kappa shape index (κ3) is 3.34. The van der Waals surface area contributed by atoms with E-state index in [1.54, 1.807) is 18.2 Å². The van der Waals surface area contributed by atoms with E-state index < -0.39 is 5.97 Å². The summed E-state index contributed by atoms with van der Waals surface area (Å²) >= 11 is 5.87. The van der Waals surface area contributed by atoms with Crippen molar-refractivity contribution in [2.75, 3.05) is 0 Å². The molecule has 2 rings (SSSR count). The zero-order valence-corrected chi connectivity index (χ0v) is 12.2. The third-order valence-electron chi connectivity index (χ3n) is 2.18. The molecule has 6 heteroatoms. The molecule has 0 aliphatic carbocycles. The van der Waals surface area contributed by atoms with Crippen LogP contribution in [-0.2, 0) is 5.75 Å². The number of carboxylic acid groups (broad SMARTS) is 1. The molecule has 2 nitrogen and oxygen atoms in total. The van der Waals surface area contributed by atoms with E-state index in [2.05, 4.69) is 15.9 Å². The summed E-state index contributed by atoms with van der Waals surface area (Å²) in [6.07, 6.45) is 0. The first-order chi connectivity index (χ1) is 8.56. The molecule has 0 radical (unpaired) electrons. The lowest BCUT2D eigenvalue weighted by atomic mass is 10.2. The van der Waals surface area contributed by atoms with Crippen molar-refractivity contribution in [2.45, 2.75) is 10.6 Å². The van der Waals surface area contributed by atoms with Gasteiger partial charge < -0.3 is 5.11 Å². The van der Waals surface area contributed by atoms with Crippen LogP contribution in [0.1, 0.15) is 15.2 Å². The Morgan fingerprint density at radius 2 is 2.22 bits per heavy atom. The number of aromatic carboxylic acids is 1. The summed E-state index contributed by atoms with van der Waals surface area (Å²) in [4.78, 5) is 12.0. The fourth-order valence-electron chi connectivity index (χ4n) is 1.30. The summed E-state index contributed by atoms with van der Waals surface area (Å²) in [7, 11) is 0. The smallest absolute Gasteiger partial charge is 0.345 e. The van der Waals surface area contributed by atoms with Crippen LogP contribution in [0.25, 0.3) is 0 Å². The highest BCUT2D eigenvalue weighted by Gasteiger charge is 2.07. The van der Waals surface area contributed by atoms with Gasteiger partial charge in [0.05, 0.1) is 4.47 Å². The predicted molar refractivity (Wildman–Crippen MR) is 74.9 cm³/mol. The second-order valence-electron chi connectivity index (χ2n) is 3.49. The van der Waals surface area contributed by atoms with Gasteiger partial charge in [0, 0.05) is 16.0 Å². The van der Waals surface area contributed by atoms with Crippen LogP contribution in [0.3, 0.4) is 0 Å². The number of rotatable bonds is 4. The van der Waals surface area contributed by atoms with E-state index in [9.17, 15) is 9.18 Å². The maximum absolute atomic E-state index is 13.0. The molecule has 0 atom stereocenters. The van der Waals surface area contributed by atoms with Crippen LogP contribution in [-0.4, -0.2) is 11.1 Å². The molecular formula is C12H8BrFO2S2. The summed E-state index contributed by atoms with van der Waals surface area (Å²) < 4.78 is 13.5. The number of carbonyl (C=O) groups is 1. The zero-order valence-electron chi connectivity index (χ0n) is 9.02. The van der Waals surface area contributed by atoms with Gasteiger partial charge in [0.15, 0.2) is 0 Å². The quantitative estimate of drug-likeness (QED) is 0.819. The Kier molecular flexibility index (Phi) is 4.42. The highest BCUT2D eigenvalue weighted by Crippen LogP contribution is 2.29. The average Bonchev–Trinajstić information content (AvgIpc) is 2.79. The molecule has 0 unspecified atom stereocenters. The standard InChI is InChI=1S/C12H8BrFO2S2/c13-9-3-7(1-2-10(9)14)5-17-8-4-11(12(15)16)18-6-8/h1-4,6H,5H2,(H,15,16). The Labute approximate surface area is 120 Å². The van der Waals surface area contributed by atoms with Gasteiger partial charge in [-0.05, 0) is 39.7 Å². The molecular weight excluding hydrogens is 339 g/mol. The number of thiophene rings is 1. The lowest BCUT2D eigenvalue weighted by Gasteiger charge is -2.01. The number of carboxylic acids is 1. The van der Waals surface area contributed by atoms with Crippen molar-refractivity contribution in [2.24, 2.45) is 0 Å². The summed E-state index contributed by atoms with van der Waals surface area (Å²) in [6.45, 7) is 0. The van der Waals surface area contributed by atoms with E-state index in [1.807, 2.05) is 5.38 Å². The summed E-state index contributed by atoms with van der Waals surface area (Å²) in [5.74, 6) is -0.516. The van der Waals surface area contributed by atoms with Crippen LogP contribution in [0.15, 0.2) is 39.0 Å². The Morgan fingerprint density at radius 1 is 1.44 bits per heavy atom. The van der Waals surface area contributed by atoms with E-state index in [0.29, 0.717) is 15.1 Å². The van der Waals surface area contributed by atoms with Crippen molar-refractivity contribution < 1.29 is 14.3 Å². The van der Waals surface area contributed by atoms with Gasteiger partial charge in [0.1, 0.15) is 10.7 Å². The Hall–Kier alpha value is -0.850. The Morgan fingerprint density at radius 3 is 2.83 bits per heavy atom. The molecule has 0 amide bonds. The molecule has 0 saturated heterocycles. The minimum atomic E-state index is -0.906. The summed E-state index contributed by atoms with van der Waals surface area (Å²) in [6, 6.07) is 6.51. The van der Waals surface area contributed by atoms with Crippen LogP contribution in [0.4, 0.5) is 4.39 Å². The maximum Gasteiger partial charge on any atom is 0.345 e. The lowest BCUT2D eigenvalue weighted by Crippen LogP contribution is -1.89. The molecule has 94 valence electrons. The monoisotopic (exact) mass is 346 g/mol. The summed E-state index contributed by atoms with van der Waals surface area (Å²) in [5.41, 5.74) is 0.983. The molecule has 2 aromatic rings. The van der Waals surface area contributed by atoms with Gasteiger partial charge in [-0.15, -0.1) is 23.1 Å². The molecule has 0 fully saturated rings. The molecule has 1 heterocycles. The van der Waals surface area contributed by atoms with Gasteiger partial charge in [-0.1, -0.05) is 6.07 Å². The molecule has 0 bridgehead atoms. The normalized spacial score (nSPS) is 10.6. The third-order valence-corrected chi connectivity index (χ3v) is 4.90. The number of thioether (sulfide) groups is 1. The van der Waals surface area contributed by atoms with Gasteiger partial charge in [0.2, 0.25) is 0 Å². The Bertz CT molecular complexity index is 583. The van der Waals surface area contributed by atoms with Crippen LogP contribution in [0.2, 0.25) is 0 Å². The Balaban J connectivity index is 2.02. The SMILES string of the molecule is O=C(O)c1cc(SCc2ccc(F)c(Br)c2)cs1. The maximum atomic E-state index is 13.0. The molecule has 0 aliphatic heterocycles. The van der Waals surface area contributed by atoms with Crippen molar-refractivity contribution in [3.63, 3.8) is 0 Å². The zero-order chi connectivity index (χ0) is 13.1. The largest absolute Gasteiger partial charge is 0.477 e. The van der Waals surface area contributed by atoms with Crippen LogP contribution in [0, 0.1) is 5.82 Å². The minimum Gasteiger partial charge on any atom is -0.477 e. The van der Waals surface area contributed by atoms with Crippen LogP contribution >= 0.6 is 39.0 Å². The topological polar surface area (TPSA) is 37.3 Å². The van der Waals surface area contributed by atoms with Gasteiger partial charge in [-0.25, -0.2) is 9.18 Å². The van der Waals surface area contributed by atoms with E-state index in [0.717, 1.165) is 10.5 Å².